The first-order chi connectivity index (χ1) is 14.1. The number of benzene rings is 1. The fraction of sp³-hybridized carbons (Fsp3) is 0.150. The van der Waals surface area contributed by atoms with Crippen LogP contribution in [0.4, 0.5) is 5.69 Å². The van der Waals surface area contributed by atoms with Gasteiger partial charge in [0.2, 0.25) is 11.8 Å². The summed E-state index contributed by atoms with van der Waals surface area (Å²) in [5, 5.41) is 18.9. The molecule has 0 aliphatic heterocycles. The van der Waals surface area contributed by atoms with Crippen LogP contribution in [0.25, 0.3) is 5.82 Å². The Hall–Kier alpha value is -4.01. The van der Waals surface area contributed by atoms with E-state index in [0.29, 0.717) is 28.9 Å². The van der Waals surface area contributed by atoms with Crippen molar-refractivity contribution in [2.45, 2.75) is 20.3 Å². The first-order valence-corrected chi connectivity index (χ1v) is 8.92. The van der Waals surface area contributed by atoms with Crippen LogP contribution in [-0.2, 0) is 11.2 Å². The van der Waals surface area contributed by atoms with Crippen molar-refractivity contribution in [2.24, 2.45) is 0 Å². The molecule has 1 aromatic carbocycles. The summed E-state index contributed by atoms with van der Waals surface area (Å²) in [5.74, 6) is 2.04. The van der Waals surface area contributed by atoms with Crippen LogP contribution in [0.3, 0.4) is 0 Å². The molecule has 0 aliphatic carbocycles. The first kappa shape index (κ1) is 18.4. The van der Waals surface area contributed by atoms with Crippen molar-refractivity contribution in [3.8, 4) is 17.4 Å². The number of hydrogen-bond acceptors (Lipinski definition) is 7. The number of aryl methyl sites for hydroxylation is 2. The average Bonchev–Trinajstić information content (AvgIpc) is 3.36. The van der Waals surface area contributed by atoms with Crippen molar-refractivity contribution in [1.82, 2.24) is 25.1 Å². The molecule has 0 atom stereocenters. The van der Waals surface area contributed by atoms with Gasteiger partial charge in [-0.15, -0.1) is 10.2 Å². The van der Waals surface area contributed by atoms with Crippen LogP contribution in [0.2, 0.25) is 0 Å². The van der Waals surface area contributed by atoms with E-state index < -0.39 is 0 Å². The van der Waals surface area contributed by atoms with Gasteiger partial charge in [0, 0.05) is 29.7 Å². The Morgan fingerprint density at radius 3 is 2.59 bits per heavy atom. The number of anilines is 1. The van der Waals surface area contributed by atoms with Gasteiger partial charge in [-0.05, 0) is 50.2 Å². The minimum Gasteiger partial charge on any atom is -0.438 e. The lowest BCUT2D eigenvalue weighted by Crippen LogP contribution is -2.15. The SMILES string of the molecule is Cc1noc(C)c1CC(=O)Nc1ccc(Oc2ccc(-n3cccn3)nn2)cc1. The summed E-state index contributed by atoms with van der Waals surface area (Å²) < 4.78 is 12.4. The molecule has 0 aliphatic rings. The molecule has 0 saturated heterocycles. The van der Waals surface area contributed by atoms with Crippen LogP contribution in [-0.4, -0.2) is 31.0 Å². The molecule has 0 saturated carbocycles. The Morgan fingerprint density at radius 1 is 1.14 bits per heavy atom. The highest BCUT2D eigenvalue weighted by Gasteiger charge is 2.13. The highest BCUT2D eigenvalue weighted by molar-refractivity contribution is 5.92. The number of aromatic nitrogens is 5. The second-order valence-electron chi connectivity index (χ2n) is 6.33. The molecule has 3 aromatic heterocycles. The molecule has 146 valence electrons. The maximum atomic E-state index is 12.3. The molecule has 9 heteroatoms. The Kier molecular flexibility index (Phi) is 5.02. The van der Waals surface area contributed by atoms with E-state index in [1.54, 1.807) is 66.5 Å². The zero-order chi connectivity index (χ0) is 20.2. The standard InChI is InChI=1S/C20H18N6O3/c1-13-17(14(2)29-25-13)12-19(27)22-15-4-6-16(7-5-15)28-20-9-8-18(23-24-20)26-11-3-10-21-26/h3-11H,12H2,1-2H3,(H,22,27). The molecule has 0 spiro atoms. The summed E-state index contributed by atoms with van der Waals surface area (Å²) in [6, 6.07) is 12.3. The minimum atomic E-state index is -0.145. The molecule has 4 rings (SSSR count). The topological polar surface area (TPSA) is 108 Å². The fourth-order valence-corrected chi connectivity index (χ4v) is 2.74. The maximum absolute atomic E-state index is 12.3. The Morgan fingerprint density at radius 2 is 1.97 bits per heavy atom. The summed E-state index contributed by atoms with van der Waals surface area (Å²) in [4.78, 5) is 12.3. The minimum absolute atomic E-state index is 0.145. The monoisotopic (exact) mass is 390 g/mol. The largest absolute Gasteiger partial charge is 0.438 e. The van der Waals surface area contributed by atoms with Crippen molar-refractivity contribution in [3.63, 3.8) is 0 Å². The van der Waals surface area contributed by atoms with Gasteiger partial charge in [0.05, 0.1) is 12.1 Å². The highest BCUT2D eigenvalue weighted by atomic mass is 16.5. The summed E-state index contributed by atoms with van der Waals surface area (Å²) in [6.45, 7) is 3.61. The fourth-order valence-electron chi connectivity index (χ4n) is 2.74. The number of carbonyl (C=O) groups excluding carboxylic acids is 1. The average molecular weight is 390 g/mol. The van der Waals surface area contributed by atoms with Gasteiger partial charge in [0.25, 0.3) is 0 Å². The van der Waals surface area contributed by atoms with Crippen molar-refractivity contribution < 1.29 is 14.1 Å². The van der Waals surface area contributed by atoms with E-state index in [1.807, 2.05) is 6.92 Å². The van der Waals surface area contributed by atoms with Crippen molar-refractivity contribution in [1.29, 1.82) is 0 Å². The van der Waals surface area contributed by atoms with Crippen LogP contribution in [0.5, 0.6) is 11.6 Å². The van der Waals surface area contributed by atoms with Crippen LogP contribution in [0.1, 0.15) is 17.0 Å². The van der Waals surface area contributed by atoms with Crippen molar-refractivity contribution >= 4 is 11.6 Å². The molecule has 0 bridgehead atoms. The number of nitrogens with one attached hydrogen (secondary N) is 1. The zero-order valence-electron chi connectivity index (χ0n) is 15.9. The van der Waals surface area contributed by atoms with E-state index in [9.17, 15) is 4.79 Å². The van der Waals surface area contributed by atoms with Crippen molar-refractivity contribution in [2.75, 3.05) is 5.32 Å². The van der Waals surface area contributed by atoms with Gasteiger partial charge in [-0.3, -0.25) is 4.79 Å². The Bertz CT molecular complexity index is 1080. The van der Waals surface area contributed by atoms with Crippen LogP contribution in [0, 0.1) is 13.8 Å². The van der Waals surface area contributed by atoms with Gasteiger partial charge >= 0.3 is 0 Å². The lowest BCUT2D eigenvalue weighted by atomic mass is 10.1. The molecule has 29 heavy (non-hydrogen) atoms. The van der Waals surface area contributed by atoms with E-state index in [-0.39, 0.29) is 12.3 Å². The first-order valence-electron chi connectivity index (χ1n) is 8.92. The predicted molar refractivity (Wildman–Crippen MR) is 104 cm³/mol. The van der Waals surface area contributed by atoms with Gasteiger partial charge in [-0.1, -0.05) is 5.16 Å². The number of hydrogen-bond donors (Lipinski definition) is 1. The van der Waals surface area contributed by atoms with Gasteiger partial charge in [0.1, 0.15) is 11.5 Å². The highest BCUT2D eigenvalue weighted by Crippen LogP contribution is 2.22. The maximum Gasteiger partial charge on any atom is 0.238 e. The zero-order valence-corrected chi connectivity index (χ0v) is 15.9. The summed E-state index contributed by atoms with van der Waals surface area (Å²) >= 11 is 0. The molecule has 4 aromatic rings. The second kappa shape index (κ2) is 7.93. The second-order valence-corrected chi connectivity index (χ2v) is 6.33. The molecule has 9 nitrogen and oxygen atoms in total. The third-order valence-corrected chi connectivity index (χ3v) is 4.24. The summed E-state index contributed by atoms with van der Waals surface area (Å²) in [7, 11) is 0. The number of carbonyl (C=O) groups is 1. The molecular weight excluding hydrogens is 372 g/mol. The van der Waals surface area contributed by atoms with E-state index in [4.69, 9.17) is 9.26 Å². The van der Waals surface area contributed by atoms with Crippen LogP contribution >= 0.6 is 0 Å². The van der Waals surface area contributed by atoms with Crippen LogP contribution < -0.4 is 10.1 Å². The van der Waals surface area contributed by atoms with Gasteiger partial charge in [-0.25, -0.2) is 4.68 Å². The smallest absolute Gasteiger partial charge is 0.238 e. The van der Waals surface area contributed by atoms with E-state index in [0.717, 1.165) is 11.3 Å². The molecule has 0 radical (unpaired) electrons. The third kappa shape index (κ3) is 4.29. The Labute approximate surface area is 166 Å². The molecule has 3 heterocycles. The summed E-state index contributed by atoms with van der Waals surface area (Å²) in [6.07, 6.45) is 3.65. The molecule has 0 unspecified atom stereocenters. The molecule has 1 amide bonds. The summed E-state index contributed by atoms with van der Waals surface area (Å²) in [5.41, 5.74) is 2.19. The quantitative estimate of drug-likeness (QED) is 0.538. The van der Waals surface area contributed by atoms with E-state index in [2.05, 4.69) is 25.8 Å². The van der Waals surface area contributed by atoms with Gasteiger partial charge in [-0.2, -0.15) is 5.10 Å². The number of rotatable bonds is 6. The third-order valence-electron chi connectivity index (χ3n) is 4.24. The lowest BCUT2D eigenvalue weighted by Gasteiger charge is -2.08. The molecule has 1 N–H and O–H groups in total. The number of nitrogens with zero attached hydrogens (tertiary/aromatic N) is 5. The normalized spacial score (nSPS) is 10.7. The lowest BCUT2D eigenvalue weighted by molar-refractivity contribution is -0.115. The number of amides is 1. The predicted octanol–water partition coefficient (Wildman–Crippen LogP) is 3.24. The van der Waals surface area contributed by atoms with Gasteiger partial charge in [0.15, 0.2) is 5.82 Å². The van der Waals surface area contributed by atoms with E-state index >= 15 is 0 Å². The number of ether oxygens (including phenoxy) is 1. The molecule has 0 fully saturated rings. The van der Waals surface area contributed by atoms with E-state index in [1.165, 1.54) is 0 Å². The van der Waals surface area contributed by atoms with Gasteiger partial charge < -0.3 is 14.6 Å². The van der Waals surface area contributed by atoms with Crippen LogP contribution in [0.15, 0.2) is 59.4 Å². The van der Waals surface area contributed by atoms with Crippen molar-refractivity contribution in [3.05, 3.63) is 71.9 Å². The Balaban J connectivity index is 1.36. The molecular formula is C20H18N6O3.